The SMILES string of the molecule is O=C(NCCNc1ccc2nccnc2n1)C1CC1. The van der Waals surface area contributed by atoms with Gasteiger partial charge >= 0.3 is 0 Å². The first kappa shape index (κ1) is 11.8. The smallest absolute Gasteiger partial charge is 0.223 e. The molecule has 2 heterocycles. The Hall–Kier alpha value is -2.24. The number of amides is 1. The second-order valence-corrected chi connectivity index (χ2v) is 4.59. The van der Waals surface area contributed by atoms with Crippen LogP contribution in [-0.4, -0.2) is 33.9 Å². The Morgan fingerprint density at radius 3 is 2.89 bits per heavy atom. The first-order chi connectivity index (χ1) is 9.33. The molecule has 0 radical (unpaired) electrons. The minimum atomic E-state index is 0.166. The maximum absolute atomic E-state index is 11.4. The zero-order valence-electron chi connectivity index (χ0n) is 10.5. The van der Waals surface area contributed by atoms with Crippen molar-refractivity contribution in [3.05, 3.63) is 24.5 Å². The summed E-state index contributed by atoms with van der Waals surface area (Å²) in [6.07, 6.45) is 5.33. The number of aromatic nitrogens is 3. The lowest BCUT2D eigenvalue weighted by Crippen LogP contribution is -2.29. The van der Waals surface area contributed by atoms with Gasteiger partial charge in [-0.05, 0) is 25.0 Å². The number of rotatable bonds is 5. The lowest BCUT2D eigenvalue weighted by atomic mass is 10.4. The minimum absolute atomic E-state index is 0.166. The molecule has 3 rings (SSSR count). The normalized spacial score (nSPS) is 14.3. The number of carbonyl (C=O) groups is 1. The van der Waals surface area contributed by atoms with Gasteiger partial charge in [0.2, 0.25) is 5.91 Å². The van der Waals surface area contributed by atoms with Crippen LogP contribution in [0.4, 0.5) is 5.82 Å². The molecule has 2 aromatic heterocycles. The van der Waals surface area contributed by atoms with E-state index in [9.17, 15) is 4.79 Å². The van der Waals surface area contributed by atoms with Crippen molar-refractivity contribution in [3.63, 3.8) is 0 Å². The van der Waals surface area contributed by atoms with Crippen molar-refractivity contribution in [3.8, 4) is 0 Å². The number of nitrogens with zero attached hydrogens (tertiary/aromatic N) is 3. The van der Waals surface area contributed by atoms with Gasteiger partial charge < -0.3 is 10.6 Å². The van der Waals surface area contributed by atoms with Crippen LogP contribution in [0.15, 0.2) is 24.5 Å². The standard InChI is InChI=1S/C13H15N5O/c19-13(9-1-2-9)17-8-6-15-11-4-3-10-12(18-11)16-7-5-14-10/h3-5,7,9H,1-2,6,8H2,(H,17,19)(H,15,16,18). The summed E-state index contributed by atoms with van der Waals surface area (Å²) in [6, 6.07) is 3.74. The van der Waals surface area contributed by atoms with Gasteiger partial charge in [-0.3, -0.25) is 9.78 Å². The van der Waals surface area contributed by atoms with Gasteiger partial charge in [0.1, 0.15) is 11.3 Å². The Balaban J connectivity index is 1.51. The van der Waals surface area contributed by atoms with Crippen LogP contribution in [-0.2, 0) is 4.79 Å². The molecule has 1 aliphatic carbocycles. The number of anilines is 1. The minimum Gasteiger partial charge on any atom is -0.368 e. The van der Waals surface area contributed by atoms with Crippen LogP contribution in [0.3, 0.4) is 0 Å². The molecule has 2 aromatic rings. The number of hydrogen-bond acceptors (Lipinski definition) is 5. The second-order valence-electron chi connectivity index (χ2n) is 4.59. The maximum Gasteiger partial charge on any atom is 0.223 e. The van der Waals surface area contributed by atoms with Crippen LogP contribution in [0.1, 0.15) is 12.8 Å². The van der Waals surface area contributed by atoms with Crippen LogP contribution in [0, 0.1) is 5.92 Å². The van der Waals surface area contributed by atoms with Gasteiger partial charge in [0.05, 0.1) is 0 Å². The van der Waals surface area contributed by atoms with E-state index in [0.29, 0.717) is 18.7 Å². The Kier molecular flexibility index (Phi) is 3.22. The zero-order chi connectivity index (χ0) is 13.1. The van der Waals surface area contributed by atoms with Crippen molar-refractivity contribution < 1.29 is 4.79 Å². The molecule has 6 heteroatoms. The number of fused-ring (bicyclic) bond motifs is 1. The molecule has 0 saturated heterocycles. The van der Waals surface area contributed by atoms with Crippen molar-refractivity contribution >= 4 is 22.9 Å². The molecule has 6 nitrogen and oxygen atoms in total. The molecular weight excluding hydrogens is 242 g/mol. The summed E-state index contributed by atoms with van der Waals surface area (Å²) in [7, 11) is 0. The third-order valence-corrected chi connectivity index (χ3v) is 3.01. The molecule has 0 unspecified atom stereocenters. The molecule has 0 spiro atoms. The molecule has 2 N–H and O–H groups in total. The van der Waals surface area contributed by atoms with Gasteiger partial charge in [-0.15, -0.1) is 0 Å². The van der Waals surface area contributed by atoms with Gasteiger partial charge in [-0.1, -0.05) is 0 Å². The Bertz CT molecular complexity index is 596. The highest BCUT2D eigenvalue weighted by Gasteiger charge is 2.28. The summed E-state index contributed by atoms with van der Waals surface area (Å²) in [5, 5.41) is 6.05. The Labute approximate surface area is 110 Å². The first-order valence-electron chi connectivity index (χ1n) is 6.42. The molecule has 0 aromatic carbocycles. The van der Waals surface area contributed by atoms with Gasteiger partial charge in [0.15, 0.2) is 5.65 Å². The highest BCUT2D eigenvalue weighted by atomic mass is 16.2. The monoisotopic (exact) mass is 257 g/mol. The number of nitrogens with one attached hydrogen (secondary N) is 2. The third kappa shape index (κ3) is 2.96. The fraction of sp³-hybridized carbons (Fsp3) is 0.385. The van der Waals surface area contributed by atoms with Gasteiger partial charge in [0.25, 0.3) is 0 Å². The topological polar surface area (TPSA) is 79.8 Å². The Morgan fingerprint density at radius 2 is 2.05 bits per heavy atom. The fourth-order valence-corrected chi connectivity index (χ4v) is 1.82. The molecule has 0 aliphatic heterocycles. The zero-order valence-corrected chi connectivity index (χ0v) is 10.5. The molecule has 0 bridgehead atoms. The van der Waals surface area contributed by atoms with Crippen LogP contribution in [0.25, 0.3) is 11.2 Å². The van der Waals surface area contributed by atoms with E-state index in [1.807, 2.05) is 12.1 Å². The van der Waals surface area contributed by atoms with Crippen LogP contribution >= 0.6 is 0 Å². The number of hydrogen-bond donors (Lipinski definition) is 2. The molecule has 19 heavy (non-hydrogen) atoms. The van der Waals surface area contributed by atoms with E-state index in [1.54, 1.807) is 12.4 Å². The molecule has 0 atom stereocenters. The van der Waals surface area contributed by atoms with E-state index >= 15 is 0 Å². The number of carbonyl (C=O) groups excluding carboxylic acids is 1. The van der Waals surface area contributed by atoms with Gasteiger partial charge in [-0.25, -0.2) is 9.97 Å². The van der Waals surface area contributed by atoms with E-state index in [4.69, 9.17) is 0 Å². The van der Waals surface area contributed by atoms with Crippen molar-refractivity contribution in [2.24, 2.45) is 5.92 Å². The largest absolute Gasteiger partial charge is 0.368 e. The first-order valence-corrected chi connectivity index (χ1v) is 6.42. The van der Waals surface area contributed by atoms with Crippen LogP contribution in [0.5, 0.6) is 0 Å². The van der Waals surface area contributed by atoms with E-state index < -0.39 is 0 Å². The van der Waals surface area contributed by atoms with E-state index in [-0.39, 0.29) is 11.8 Å². The summed E-state index contributed by atoms with van der Waals surface area (Å²) in [5.74, 6) is 1.17. The predicted octanol–water partition coefficient (Wildman–Crippen LogP) is 0.963. The molecular formula is C13H15N5O. The van der Waals surface area contributed by atoms with Gasteiger partial charge in [0, 0.05) is 31.4 Å². The Morgan fingerprint density at radius 1 is 1.21 bits per heavy atom. The average Bonchev–Trinajstić information content (AvgIpc) is 3.28. The van der Waals surface area contributed by atoms with Gasteiger partial charge in [-0.2, -0.15) is 0 Å². The van der Waals surface area contributed by atoms with Crippen molar-refractivity contribution in [2.45, 2.75) is 12.8 Å². The maximum atomic E-state index is 11.4. The lowest BCUT2D eigenvalue weighted by molar-refractivity contribution is -0.122. The summed E-state index contributed by atoms with van der Waals surface area (Å²) >= 11 is 0. The molecule has 1 saturated carbocycles. The third-order valence-electron chi connectivity index (χ3n) is 3.01. The quantitative estimate of drug-likeness (QED) is 0.780. The summed E-state index contributed by atoms with van der Waals surface area (Å²) in [4.78, 5) is 24.1. The second kappa shape index (κ2) is 5.17. The molecule has 1 fully saturated rings. The molecule has 98 valence electrons. The van der Waals surface area contributed by atoms with E-state index in [1.165, 1.54) is 0 Å². The summed E-state index contributed by atoms with van der Waals surface area (Å²) in [6.45, 7) is 1.26. The van der Waals surface area contributed by atoms with Crippen molar-refractivity contribution in [1.29, 1.82) is 0 Å². The van der Waals surface area contributed by atoms with Crippen LogP contribution < -0.4 is 10.6 Å². The van der Waals surface area contributed by atoms with Crippen molar-refractivity contribution in [1.82, 2.24) is 20.3 Å². The fourth-order valence-electron chi connectivity index (χ4n) is 1.82. The number of pyridine rings is 1. The molecule has 1 amide bonds. The summed E-state index contributed by atoms with van der Waals surface area (Å²) in [5.41, 5.74) is 1.39. The highest BCUT2D eigenvalue weighted by molar-refractivity contribution is 5.80. The summed E-state index contributed by atoms with van der Waals surface area (Å²) < 4.78 is 0. The van der Waals surface area contributed by atoms with Crippen LogP contribution in [0.2, 0.25) is 0 Å². The van der Waals surface area contributed by atoms with E-state index in [2.05, 4.69) is 25.6 Å². The highest BCUT2D eigenvalue weighted by Crippen LogP contribution is 2.28. The molecule has 1 aliphatic rings. The van der Waals surface area contributed by atoms with E-state index in [0.717, 1.165) is 24.2 Å². The average molecular weight is 257 g/mol. The predicted molar refractivity (Wildman–Crippen MR) is 71.6 cm³/mol. The lowest BCUT2D eigenvalue weighted by Gasteiger charge is -2.07. The van der Waals surface area contributed by atoms with Crippen molar-refractivity contribution in [2.75, 3.05) is 18.4 Å².